The number of methoxy groups -OCH3 is 1. The highest BCUT2D eigenvalue weighted by molar-refractivity contribution is 7.13. The third-order valence-electron chi connectivity index (χ3n) is 2.99. The standard InChI is InChI=1S/C15H17N3O3S/c1-21-14(20)8-17-13(19)6-12-9-22-15(18-12)11-4-2-10(7-16)3-5-11/h2-5,9H,6-8,16H2,1H3,(H,17,19). The highest BCUT2D eigenvalue weighted by Crippen LogP contribution is 2.24. The van der Waals surface area contributed by atoms with Gasteiger partial charge in [-0.05, 0) is 5.56 Å². The Labute approximate surface area is 132 Å². The molecule has 2 aromatic rings. The Hall–Kier alpha value is -2.25. The molecule has 3 N–H and O–H groups in total. The first kappa shape index (κ1) is 16.1. The van der Waals surface area contributed by atoms with E-state index in [-0.39, 0.29) is 18.9 Å². The number of ether oxygens (including phenoxy) is 1. The number of hydrogen-bond donors (Lipinski definition) is 2. The monoisotopic (exact) mass is 319 g/mol. The van der Waals surface area contributed by atoms with Crippen LogP contribution in [0.2, 0.25) is 0 Å². The number of rotatable bonds is 6. The largest absolute Gasteiger partial charge is 0.468 e. The molecular formula is C15H17N3O3S. The lowest BCUT2D eigenvalue weighted by molar-refractivity contribution is -0.141. The van der Waals surface area contributed by atoms with Crippen molar-refractivity contribution in [1.82, 2.24) is 10.3 Å². The first-order chi connectivity index (χ1) is 10.6. The molecule has 22 heavy (non-hydrogen) atoms. The van der Waals surface area contributed by atoms with Crippen molar-refractivity contribution < 1.29 is 14.3 Å². The molecule has 0 aliphatic heterocycles. The van der Waals surface area contributed by atoms with E-state index in [2.05, 4.69) is 15.0 Å². The maximum Gasteiger partial charge on any atom is 0.325 e. The van der Waals surface area contributed by atoms with Crippen molar-refractivity contribution in [2.75, 3.05) is 13.7 Å². The molecule has 6 nitrogen and oxygen atoms in total. The molecule has 0 unspecified atom stereocenters. The van der Waals surface area contributed by atoms with Crippen molar-refractivity contribution in [3.63, 3.8) is 0 Å². The molecule has 0 bridgehead atoms. The number of aromatic nitrogens is 1. The van der Waals surface area contributed by atoms with E-state index in [4.69, 9.17) is 5.73 Å². The molecule has 7 heteroatoms. The molecule has 0 radical (unpaired) electrons. The summed E-state index contributed by atoms with van der Waals surface area (Å²) in [4.78, 5) is 27.1. The van der Waals surface area contributed by atoms with E-state index < -0.39 is 5.97 Å². The lowest BCUT2D eigenvalue weighted by Crippen LogP contribution is -2.31. The van der Waals surface area contributed by atoms with Gasteiger partial charge in [0.25, 0.3) is 0 Å². The normalized spacial score (nSPS) is 10.3. The summed E-state index contributed by atoms with van der Waals surface area (Å²) < 4.78 is 4.46. The van der Waals surface area contributed by atoms with Crippen LogP contribution in [0.25, 0.3) is 10.6 Å². The number of nitrogens with one attached hydrogen (secondary N) is 1. The molecule has 2 rings (SSSR count). The second kappa shape index (κ2) is 7.67. The van der Waals surface area contributed by atoms with Crippen molar-refractivity contribution in [1.29, 1.82) is 0 Å². The average molecular weight is 319 g/mol. The van der Waals surface area contributed by atoms with Gasteiger partial charge in [-0.15, -0.1) is 11.3 Å². The minimum Gasteiger partial charge on any atom is -0.468 e. The molecular weight excluding hydrogens is 302 g/mol. The topological polar surface area (TPSA) is 94.3 Å². The van der Waals surface area contributed by atoms with E-state index in [0.29, 0.717) is 12.2 Å². The number of carbonyl (C=O) groups is 2. The van der Waals surface area contributed by atoms with Gasteiger partial charge in [-0.3, -0.25) is 9.59 Å². The Morgan fingerprint density at radius 1 is 1.32 bits per heavy atom. The van der Waals surface area contributed by atoms with Crippen LogP contribution in [0.4, 0.5) is 0 Å². The Balaban J connectivity index is 1.95. The van der Waals surface area contributed by atoms with Gasteiger partial charge in [-0.2, -0.15) is 0 Å². The van der Waals surface area contributed by atoms with E-state index in [1.165, 1.54) is 18.4 Å². The van der Waals surface area contributed by atoms with Gasteiger partial charge in [0.15, 0.2) is 0 Å². The third kappa shape index (κ3) is 4.37. The number of nitrogens with zero attached hydrogens (tertiary/aromatic N) is 1. The second-order valence-corrected chi connectivity index (χ2v) is 5.43. The highest BCUT2D eigenvalue weighted by atomic mass is 32.1. The fourth-order valence-electron chi connectivity index (χ4n) is 1.77. The quantitative estimate of drug-likeness (QED) is 0.778. The number of nitrogens with two attached hydrogens (primary N) is 1. The smallest absolute Gasteiger partial charge is 0.325 e. The first-order valence-corrected chi connectivity index (χ1v) is 7.57. The summed E-state index contributed by atoms with van der Waals surface area (Å²) in [6.07, 6.45) is 0.133. The second-order valence-electron chi connectivity index (χ2n) is 4.57. The SMILES string of the molecule is COC(=O)CNC(=O)Cc1csc(-c2ccc(CN)cc2)n1. The van der Waals surface area contributed by atoms with Gasteiger partial charge in [0.1, 0.15) is 11.6 Å². The molecule has 1 amide bonds. The van der Waals surface area contributed by atoms with Gasteiger partial charge in [-0.1, -0.05) is 24.3 Å². The minimum atomic E-state index is -0.479. The van der Waals surface area contributed by atoms with Crippen molar-refractivity contribution in [3.05, 3.63) is 40.9 Å². The van der Waals surface area contributed by atoms with Crippen LogP contribution >= 0.6 is 11.3 Å². The summed E-state index contributed by atoms with van der Waals surface area (Å²) in [6.45, 7) is 0.372. The average Bonchev–Trinajstić information content (AvgIpc) is 3.01. The molecule has 0 saturated carbocycles. The van der Waals surface area contributed by atoms with Gasteiger partial charge in [0, 0.05) is 17.5 Å². The van der Waals surface area contributed by atoms with Gasteiger partial charge >= 0.3 is 5.97 Å². The lowest BCUT2D eigenvalue weighted by Gasteiger charge is -2.02. The number of hydrogen-bond acceptors (Lipinski definition) is 6. The van der Waals surface area contributed by atoms with Crippen LogP contribution in [0, 0.1) is 0 Å². The number of thiazole rings is 1. The van der Waals surface area contributed by atoms with Crippen molar-refractivity contribution in [3.8, 4) is 10.6 Å². The van der Waals surface area contributed by atoms with Gasteiger partial charge in [0.2, 0.25) is 5.91 Å². The Bertz CT molecular complexity index is 652. The van der Waals surface area contributed by atoms with E-state index in [1.807, 2.05) is 29.6 Å². The number of carbonyl (C=O) groups excluding carboxylic acids is 2. The molecule has 0 aliphatic carbocycles. The third-order valence-corrected chi connectivity index (χ3v) is 3.93. The van der Waals surface area contributed by atoms with Crippen LogP contribution in [0.5, 0.6) is 0 Å². The summed E-state index contributed by atoms with van der Waals surface area (Å²) in [6, 6.07) is 7.84. The van der Waals surface area contributed by atoms with E-state index >= 15 is 0 Å². The van der Waals surface area contributed by atoms with Crippen LogP contribution in [-0.2, 0) is 27.3 Å². The summed E-state index contributed by atoms with van der Waals surface area (Å²) in [5, 5.41) is 5.17. The predicted octanol–water partition coefficient (Wildman–Crippen LogP) is 1.10. The predicted molar refractivity (Wildman–Crippen MR) is 84.2 cm³/mol. The van der Waals surface area contributed by atoms with Crippen LogP contribution < -0.4 is 11.1 Å². The van der Waals surface area contributed by atoms with Crippen LogP contribution in [0.1, 0.15) is 11.3 Å². The zero-order chi connectivity index (χ0) is 15.9. The number of esters is 1. The summed E-state index contributed by atoms with van der Waals surface area (Å²) in [5.74, 6) is -0.743. The van der Waals surface area contributed by atoms with E-state index in [1.54, 1.807) is 0 Å². The van der Waals surface area contributed by atoms with Gasteiger partial charge < -0.3 is 15.8 Å². The maximum absolute atomic E-state index is 11.7. The zero-order valence-corrected chi connectivity index (χ0v) is 13.0. The molecule has 1 aromatic heterocycles. The van der Waals surface area contributed by atoms with Crippen LogP contribution in [-0.4, -0.2) is 30.5 Å². The lowest BCUT2D eigenvalue weighted by atomic mass is 10.1. The van der Waals surface area contributed by atoms with Crippen molar-refractivity contribution in [2.24, 2.45) is 5.73 Å². The summed E-state index contributed by atoms with van der Waals surface area (Å²) >= 11 is 1.47. The minimum absolute atomic E-state index is 0.132. The summed E-state index contributed by atoms with van der Waals surface area (Å²) in [7, 11) is 1.27. The molecule has 116 valence electrons. The molecule has 0 aliphatic rings. The highest BCUT2D eigenvalue weighted by Gasteiger charge is 2.10. The molecule has 0 saturated heterocycles. The molecule has 1 heterocycles. The number of benzene rings is 1. The molecule has 1 aromatic carbocycles. The molecule has 0 fully saturated rings. The van der Waals surface area contributed by atoms with Crippen molar-refractivity contribution in [2.45, 2.75) is 13.0 Å². The van der Waals surface area contributed by atoms with E-state index in [9.17, 15) is 9.59 Å². The Morgan fingerprint density at radius 2 is 2.05 bits per heavy atom. The van der Waals surface area contributed by atoms with Gasteiger partial charge in [0.05, 0.1) is 19.2 Å². The molecule has 0 atom stereocenters. The molecule has 0 spiro atoms. The first-order valence-electron chi connectivity index (χ1n) is 6.69. The zero-order valence-electron chi connectivity index (χ0n) is 12.2. The summed E-state index contributed by atoms with van der Waals surface area (Å²) in [5.41, 5.74) is 8.29. The maximum atomic E-state index is 11.7. The fourth-order valence-corrected chi connectivity index (χ4v) is 2.60. The fraction of sp³-hybridized carbons (Fsp3) is 0.267. The van der Waals surface area contributed by atoms with Gasteiger partial charge in [-0.25, -0.2) is 4.98 Å². The number of amides is 1. The Morgan fingerprint density at radius 3 is 2.68 bits per heavy atom. The van der Waals surface area contributed by atoms with Crippen LogP contribution in [0.15, 0.2) is 29.6 Å². The Kier molecular flexibility index (Phi) is 5.62. The van der Waals surface area contributed by atoms with Crippen molar-refractivity contribution >= 4 is 23.2 Å². The van der Waals surface area contributed by atoms with Crippen LogP contribution in [0.3, 0.4) is 0 Å². The van der Waals surface area contributed by atoms with E-state index in [0.717, 1.165) is 16.1 Å².